The topological polar surface area (TPSA) is 51.3 Å². The smallest absolute Gasteiger partial charge is 0.255 e. The number of rotatable bonds is 2. The van der Waals surface area contributed by atoms with E-state index in [4.69, 9.17) is 9.47 Å². The van der Waals surface area contributed by atoms with Crippen LogP contribution in [0.5, 0.6) is 11.5 Å². The van der Waals surface area contributed by atoms with Crippen LogP contribution >= 0.6 is 0 Å². The maximum Gasteiger partial charge on any atom is 0.255 e. The van der Waals surface area contributed by atoms with Gasteiger partial charge in [0.2, 0.25) is 0 Å². The minimum absolute atomic E-state index is 0.0235. The van der Waals surface area contributed by atoms with Gasteiger partial charge >= 0.3 is 0 Å². The van der Waals surface area contributed by atoms with E-state index in [0.717, 1.165) is 28.0 Å². The number of ether oxygens (including phenoxy) is 2. The first-order valence-corrected chi connectivity index (χ1v) is 9.90. The summed E-state index contributed by atoms with van der Waals surface area (Å²) < 4.78 is 11.8. The Morgan fingerprint density at radius 2 is 1.75 bits per heavy atom. The molecule has 28 heavy (non-hydrogen) atoms. The fourth-order valence-corrected chi connectivity index (χ4v) is 5.69. The summed E-state index contributed by atoms with van der Waals surface area (Å²) in [7, 11) is 1.68. The first-order valence-electron chi connectivity index (χ1n) is 9.90. The summed E-state index contributed by atoms with van der Waals surface area (Å²) in [6.45, 7) is 6.59. The van der Waals surface area contributed by atoms with E-state index in [1.807, 2.05) is 36.4 Å². The first-order chi connectivity index (χ1) is 13.4. The third kappa shape index (κ3) is 2.27. The van der Waals surface area contributed by atoms with Gasteiger partial charge in [0.15, 0.2) is 0 Å². The third-order valence-electron chi connectivity index (χ3n) is 6.82. The van der Waals surface area contributed by atoms with Crippen LogP contribution in [0.1, 0.15) is 43.7 Å². The minimum atomic E-state index is -0.323. The number of hydrogen-bond acceptors (Lipinski definition) is 3. The van der Waals surface area contributed by atoms with Crippen molar-refractivity contribution < 1.29 is 9.47 Å². The van der Waals surface area contributed by atoms with E-state index < -0.39 is 0 Å². The summed E-state index contributed by atoms with van der Waals surface area (Å²) in [5.74, 6) is 2.78. The highest BCUT2D eigenvalue weighted by molar-refractivity contribution is 5.86. The zero-order valence-electron chi connectivity index (χ0n) is 16.7. The number of benzene rings is 2. The van der Waals surface area contributed by atoms with E-state index in [2.05, 4.69) is 37.9 Å². The molecule has 1 fully saturated rings. The molecule has 0 unspecified atom stereocenters. The molecule has 0 bridgehead atoms. The molecule has 4 nitrogen and oxygen atoms in total. The lowest BCUT2D eigenvalue weighted by atomic mass is 9.48. The zero-order valence-corrected chi connectivity index (χ0v) is 16.7. The number of pyridine rings is 1. The molecule has 0 amide bonds. The van der Waals surface area contributed by atoms with Gasteiger partial charge in [-0.25, -0.2) is 0 Å². The fraction of sp³-hybridized carbons (Fsp3) is 0.375. The molecule has 3 aromatic rings. The second-order valence-corrected chi connectivity index (χ2v) is 8.66. The number of methoxy groups -OCH3 is 1. The van der Waals surface area contributed by atoms with Gasteiger partial charge in [-0.05, 0) is 55.5 Å². The lowest BCUT2D eigenvalue weighted by molar-refractivity contribution is -0.0825. The molecule has 0 spiro atoms. The average Bonchev–Trinajstić information content (AvgIpc) is 2.66. The Morgan fingerprint density at radius 1 is 1.04 bits per heavy atom. The van der Waals surface area contributed by atoms with Crippen molar-refractivity contribution in [2.75, 3.05) is 7.11 Å². The summed E-state index contributed by atoms with van der Waals surface area (Å²) in [6.07, 6.45) is 0. The lowest BCUT2D eigenvalue weighted by Crippen LogP contribution is -2.58. The maximum atomic E-state index is 13.1. The lowest BCUT2D eigenvalue weighted by Gasteiger charge is -2.59. The fourth-order valence-electron chi connectivity index (χ4n) is 5.69. The molecule has 0 saturated heterocycles. The van der Waals surface area contributed by atoms with E-state index in [-0.39, 0.29) is 17.1 Å². The predicted octanol–water partition coefficient (Wildman–Crippen LogP) is 4.84. The molecule has 1 aliphatic heterocycles. The van der Waals surface area contributed by atoms with Crippen LogP contribution in [-0.4, -0.2) is 17.7 Å². The molecule has 1 aromatic heterocycles. The number of para-hydroxylation sites is 1. The van der Waals surface area contributed by atoms with Crippen LogP contribution in [0.4, 0.5) is 0 Å². The Bertz CT molecular complexity index is 1110. The van der Waals surface area contributed by atoms with Crippen LogP contribution < -0.4 is 15.0 Å². The Kier molecular flexibility index (Phi) is 3.64. The summed E-state index contributed by atoms with van der Waals surface area (Å²) >= 11 is 0. The Labute approximate surface area is 164 Å². The van der Waals surface area contributed by atoms with E-state index in [0.29, 0.717) is 17.8 Å². The predicted molar refractivity (Wildman–Crippen MR) is 110 cm³/mol. The third-order valence-corrected chi connectivity index (χ3v) is 6.82. The van der Waals surface area contributed by atoms with Crippen LogP contribution in [0.25, 0.3) is 10.9 Å². The molecule has 1 saturated carbocycles. The number of aromatic amines is 1. The molecular weight excluding hydrogens is 350 g/mol. The number of H-pyrrole nitrogens is 1. The molecular formula is C24H25NO3. The number of fused-ring (bicyclic) bond motifs is 5. The molecule has 5 rings (SSSR count). The standard InChI is InChI=1S/C24H25NO3/c1-13-18(14-9-11-15(27-4)12-10-14)19-20-22(28-24(2,3)21(13)19)16-7-5-6-8-17(16)25-23(20)26/h5-13,18-19,21H,1-4H3,(H,25,26)/t13-,18+,19+,21+/m1/s1. The van der Waals surface area contributed by atoms with Crippen LogP contribution in [-0.2, 0) is 0 Å². The van der Waals surface area contributed by atoms with Crippen LogP contribution in [0.15, 0.2) is 53.3 Å². The summed E-state index contributed by atoms with van der Waals surface area (Å²) in [5, 5.41) is 0.983. The normalized spacial score (nSPS) is 27.3. The molecule has 4 atom stereocenters. The van der Waals surface area contributed by atoms with E-state index in [1.54, 1.807) is 7.11 Å². The van der Waals surface area contributed by atoms with Crippen molar-refractivity contribution in [2.45, 2.75) is 38.2 Å². The molecule has 0 radical (unpaired) electrons. The highest BCUT2D eigenvalue weighted by Crippen LogP contribution is 2.65. The van der Waals surface area contributed by atoms with Gasteiger partial charge in [-0.1, -0.05) is 31.2 Å². The molecule has 2 aliphatic rings. The number of hydrogen-bond donors (Lipinski definition) is 1. The Hall–Kier alpha value is -2.75. The van der Waals surface area contributed by atoms with Crippen molar-refractivity contribution in [3.63, 3.8) is 0 Å². The largest absolute Gasteiger partial charge is 0.497 e. The molecule has 1 aliphatic carbocycles. The second-order valence-electron chi connectivity index (χ2n) is 8.66. The van der Waals surface area contributed by atoms with E-state index in [1.165, 1.54) is 5.56 Å². The van der Waals surface area contributed by atoms with Crippen molar-refractivity contribution in [3.05, 3.63) is 70.0 Å². The summed E-state index contributed by atoms with van der Waals surface area (Å²) in [5.41, 5.74) is 2.54. The monoisotopic (exact) mass is 375 g/mol. The van der Waals surface area contributed by atoms with Crippen LogP contribution in [0.2, 0.25) is 0 Å². The number of nitrogens with one attached hydrogen (secondary N) is 1. The SMILES string of the molecule is COc1ccc([C@@H]2[C@@H](C)[C@H]3[C@@H]2c2c(c4ccccc4[nH]c2=O)OC3(C)C)cc1. The van der Waals surface area contributed by atoms with Gasteiger partial charge in [0.1, 0.15) is 17.1 Å². The highest BCUT2D eigenvalue weighted by atomic mass is 16.5. The second kappa shape index (κ2) is 5.87. The molecule has 2 heterocycles. The molecule has 2 aromatic carbocycles. The van der Waals surface area contributed by atoms with Gasteiger partial charge in [0, 0.05) is 17.2 Å². The number of aromatic nitrogens is 1. The van der Waals surface area contributed by atoms with Gasteiger partial charge in [-0.2, -0.15) is 0 Å². The summed E-state index contributed by atoms with van der Waals surface area (Å²) in [6, 6.07) is 16.2. The van der Waals surface area contributed by atoms with Crippen LogP contribution in [0.3, 0.4) is 0 Å². The minimum Gasteiger partial charge on any atom is -0.497 e. The quantitative estimate of drug-likeness (QED) is 0.697. The molecule has 1 N–H and O–H groups in total. The van der Waals surface area contributed by atoms with E-state index >= 15 is 0 Å². The average molecular weight is 375 g/mol. The van der Waals surface area contributed by atoms with Crippen molar-refractivity contribution in [3.8, 4) is 11.5 Å². The van der Waals surface area contributed by atoms with Gasteiger partial charge in [-0.15, -0.1) is 0 Å². The van der Waals surface area contributed by atoms with Gasteiger partial charge in [0.05, 0.1) is 18.2 Å². The van der Waals surface area contributed by atoms with Crippen LogP contribution in [0, 0.1) is 11.8 Å². The van der Waals surface area contributed by atoms with Gasteiger partial charge < -0.3 is 14.5 Å². The maximum absolute atomic E-state index is 13.1. The van der Waals surface area contributed by atoms with Crippen molar-refractivity contribution in [1.29, 1.82) is 0 Å². The van der Waals surface area contributed by atoms with Gasteiger partial charge in [-0.3, -0.25) is 4.79 Å². The first kappa shape index (κ1) is 17.4. The summed E-state index contributed by atoms with van der Waals surface area (Å²) in [4.78, 5) is 16.2. The van der Waals surface area contributed by atoms with Gasteiger partial charge in [0.25, 0.3) is 5.56 Å². The Balaban J connectivity index is 1.71. The molecule has 144 valence electrons. The zero-order chi connectivity index (χ0) is 19.6. The van der Waals surface area contributed by atoms with Crippen molar-refractivity contribution >= 4 is 10.9 Å². The van der Waals surface area contributed by atoms with E-state index in [9.17, 15) is 4.79 Å². The van der Waals surface area contributed by atoms with Crippen molar-refractivity contribution in [1.82, 2.24) is 4.98 Å². The van der Waals surface area contributed by atoms with Crippen molar-refractivity contribution in [2.24, 2.45) is 11.8 Å². The molecule has 4 heteroatoms. The highest BCUT2D eigenvalue weighted by Gasteiger charge is 2.60. The Morgan fingerprint density at radius 3 is 2.46 bits per heavy atom.